The van der Waals surface area contributed by atoms with E-state index in [1.54, 1.807) is 0 Å². The van der Waals surface area contributed by atoms with Gasteiger partial charge in [0.05, 0.1) is 13.2 Å². The molecule has 0 radical (unpaired) electrons. The summed E-state index contributed by atoms with van der Waals surface area (Å²) in [5.74, 6) is -1.17. The fraction of sp³-hybridized carbons (Fsp3) is 0.846. The van der Waals surface area contributed by atoms with Crippen molar-refractivity contribution in [3.63, 3.8) is 0 Å². The van der Waals surface area contributed by atoms with Crippen molar-refractivity contribution in [1.29, 1.82) is 0 Å². The molecule has 0 aromatic heterocycles. The number of carbonyl (C=O) groups excluding carboxylic acids is 1. The number of carbonyl (C=O) groups is 2. The van der Waals surface area contributed by atoms with Gasteiger partial charge in [0, 0.05) is 25.9 Å². The third-order valence-corrected chi connectivity index (χ3v) is 3.08. The van der Waals surface area contributed by atoms with Crippen LogP contribution in [-0.4, -0.2) is 49.2 Å². The molecule has 0 aromatic carbocycles. The molecule has 116 valence electrons. The van der Waals surface area contributed by atoms with Crippen LogP contribution in [0.4, 0.5) is 4.79 Å². The highest BCUT2D eigenvalue weighted by atomic mass is 16.7. The Bertz CT molecular complexity index is 329. The van der Waals surface area contributed by atoms with E-state index in [9.17, 15) is 9.59 Å². The van der Waals surface area contributed by atoms with E-state index in [4.69, 9.17) is 14.6 Å². The third-order valence-electron chi connectivity index (χ3n) is 3.08. The maximum absolute atomic E-state index is 11.5. The highest BCUT2D eigenvalue weighted by Gasteiger charge is 2.32. The van der Waals surface area contributed by atoms with Gasteiger partial charge in [-0.2, -0.15) is 0 Å². The lowest BCUT2D eigenvalue weighted by Crippen LogP contribution is -2.40. The standard InChI is InChI=1S/C13H24N2O5/c1-10(8-13(2)19-6-7-20-13)9-15-12(18)14-5-3-4-11(16)17/h10H,3-9H2,1-2H3,(H,16,17)(H2,14,15,18). The van der Waals surface area contributed by atoms with Crippen molar-refractivity contribution in [2.75, 3.05) is 26.3 Å². The molecular weight excluding hydrogens is 264 g/mol. The maximum atomic E-state index is 11.5. The summed E-state index contributed by atoms with van der Waals surface area (Å²) in [5, 5.41) is 13.8. The van der Waals surface area contributed by atoms with E-state index in [0.29, 0.717) is 39.1 Å². The van der Waals surface area contributed by atoms with Crippen LogP contribution in [0, 0.1) is 5.92 Å². The summed E-state index contributed by atoms with van der Waals surface area (Å²) in [4.78, 5) is 21.8. The second-order valence-corrected chi connectivity index (χ2v) is 5.27. The molecule has 0 aliphatic carbocycles. The largest absolute Gasteiger partial charge is 0.481 e. The van der Waals surface area contributed by atoms with E-state index in [-0.39, 0.29) is 18.4 Å². The van der Waals surface area contributed by atoms with Gasteiger partial charge in [-0.25, -0.2) is 4.79 Å². The molecule has 0 aromatic rings. The first-order valence-electron chi connectivity index (χ1n) is 6.93. The molecule has 1 rings (SSSR count). The fourth-order valence-electron chi connectivity index (χ4n) is 2.15. The van der Waals surface area contributed by atoms with Gasteiger partial charge in [0.15, 0.2) is 5.79 Å². The average Bonchev–Trinajstić information content (AvgIpc) is 2.78. The Balaban J connectivity index is 2.09. The van der Waals surface area contributed by atoms with Gasteiger partial charge >= 0.3 is 12.0 Å². The van der Waals surface area contributed by atoms with E-state index in [1.165, 1.54) is 0 Å². The summed E-state index contributed by atoms with van der Waals surface area (Å²) in [6.07, 6.45) is 1.20. The summed E-state index contributed by atoms with van der Waals surface area (Å²) >= 11 is 0. The molecule has 7 nitrogen and oxygen atoms in total. The quantitative estimate of drug-likeness (QED) is 0.578. The fourth-order valence-corrected chi connectivity index (χ4v) is 2.15. The molecule has 0 saturated carbocycles. The van der Waals surface area contributed by atoms with Crippen LogP contribution in [0.25, 0.3) is 0 Å². The van der Waals surface area contributed by atoms with Gasteiger partial charge in [0.2, 0.25) is 0 Å². The molecule has 1 aliphatic rings. The summed E-state index contributed by atoms with van der Waals surface area (Å²) in [5.41, 5.74) is 0. The summed E-state index contributed by atoms with van der Waals surface area (Å²) in [6, 6.07) is -0.277. The number of ether oxygens (including phenoxy) is 2. The Morgan fingerprint density at radius 1 is 1.30 bits per heavy atom. The van der Waals surface area contributed by atoms with Crippen molar-refractivity contribution in [3.8, 4) is 0 Å². The molecule has 2 amide bonds. The Kier molecular flexibility index (Phi) is 6.74. The minimum Gasteiger partial charge on any atom is -0.481 e. The van der Waals surface area contributed by atoms with Crippen molar-refractivity contribution in [3.05, 3.63) is 0 Å². The SMILES string of the molecule is CC(CNC(=O)NCCCC(=O)O)CC1(C)OCCO1. The molecule has 20 heavy (non-hydrogen) atoms. The second-order valence-electron chi connectivity index (χ2n) is 5.27. The van der Waals surface area contributed by atoms with Crippen LogP contribution < -0.4 is 10.6 Å². The number of nitrogens with one attached hydrogen (secondary N) is 2. The number of hydrogen-bond donors (Lipinski definition) is 3. The zero-order valence-corrected chi connectivity index (χ0v) is 12.1. The van der Waals surface area contributed by atoms with Crippen LogP contribution in [0.5, 0.6) is 0 Å². The highest BCUT2D eigenvalue weighted by Crippen LogP contribution is 2.26. The minimum absolute atomic E-state index is 0.0592. The lowest BCUT2D eigenvalue weighted by molar-refractivity contribution is -0.153. The molecule has 1 fully saturated rings. The topological polar surface area (TPSA) is 96.9 Å². The molecule has 1 atom stereocenters. The number of rotatable bonds is 8. The summed E-state index contributed by atoms with van der Waals surface area (Å²) in [6.45, 7) is 6.02. The van der Waals surface area contributed by atoms with Gasteiger partial charge in [-0.3, -0.25) is 4.79 Å². The van der Waals surface area contributed by atoms with Crippen LogP contribution >= 0.6 is 0 Å². The molecule has 1 saturated heterocycles. The number of urea groups is 1. The number of hydrogen-bond acceptors (Lipinski definition) is 4. The van der Waals surface area contributed by atoms with Gasteiger partial charge in [-0.15, -0.1) is 0 Å². The monoisotopic (exact) mass is 288 g/mol. The smallest absolute Gasteiger partial charge is 0.314 e. The zero-order chi connectivity index (χ0) is 15.0. The molecule has 1 unspecified atom stereocenters. The van der Waals surface area contributed by atoms with Gasteiger partial charge in [0.25, 0.3) is 0 Å². The highest BCUT2D eigenvalue weighted by molar-refractivity contribution is 5.73. The molecule has 3 N–H and O–H groups in total. The van der Waals surface area contributed by atoms with Crippen LogP contribution in [0.15, 0.2) is 0 Å². The van der Waals surface area contributed by atoms with E-state index in [0.717, 1.165) is 0 Å². The zero-order valence-electron chi connectivity index (χ0n) is 12.1. The summed E-state index contributed by atoms with van der Waals surface area (Å²) in [7, 11) is 0. The number of carboxylic acid groups (broad SMARTS) is 1. The Labute approximate surface area is 119 Å². The average molecular weight is 288 g/mol. The molecule has 0 spiro atoms. The number of aliphatic carboxylic acids is 1. The van der Waals surface area contributed by atoms with E-state index >= 15 is 0 Å². The van der Waals surface area contributed by atoms with Crippen molar-refractivity contribution in [2.24, 2.45) is 5.92 Å². The van der Waals surface area contributed by atoms with Crippen LogP contribution in [-0.2, 0) is 14.3 Å². The first-order chi connectivity index (χ1) is 9.41. The minimum atomic E-state index is -0.856. The Hall–Kier alpha value is -1.34. The number of carboxylic acids is 1. The van der Waals surface area contributed by atoms with Crippen LogP contribution in [0.2, 0.25) is 0 Å². The normalized spacial score (nSPS) is 18.5. The predicted octanol–water partition coefficient (Wildman–Crippen LogP) is 0.940. The van der Waals surface area contributed by atoms with Gasteiger partial charge < -0.3 is 25.2 Å². The van der Waals surface area contributed by atoms with Crippen LogP contribution in [0.1, 0.15) is 33.1 Å². The van der Waals surface area contributed by atoms with Crippen molar-refractivity contribution >= 4 is 12.0 Å². The molecule has 7 heteroatoms. The van der Waals surface area contributed by atoms with Gasteiger partial charge in [-0.05, 0) is 19.3 Å². The van der Waals surface area contributed by atoms with Crippen molar-refractivity contribution < 1.29 is 24.2 Å². The van der Waals surface area contributed by atoms with E-state index in [1.807, 2.05) is 13.8 Å². The molecular formula is C13H24N2O5. The lowest BCUT2D eigenvalue weighted by Gasteiger charge is -2.26. The lowest BCUT2D eigenvalue weighted by atomic mass is 10.0. The van der Waals surface area contributed by atoms with Crippen LogP contribution in [0.3, 0.4) is 0 Å². The second kappa shape index (κ2) is 8.06. The van der Waals surface area contributed by atoms with E-state index in [2.05, 4.69) is 10.6 Å². The predicted molar refractivity (Wildman–Crippen MR) is 72.4 cm³/mol. The Morgan fingerprint density at radius 3 is 2.55 bits per heavy atom. The van der Waals surface area contributed by atoms with E-state index < -0.39 is 11.8 Å². The number of amides is 2. The third kappa shape index (κ3) is 6.72. The maximum Gasteiger partial charge on any atom is 0.314 e. The molecule has 1 aliphatic heterocycles. The first-order valence-corrected chi connectivity index (χ1v) is 6.93. The van der Waals surface area contributed by atoms with Gasteiger partial charge in [-0.1, -0.05) is 6.92 Å². The Morgan fingerprint density at radius 2 is 1.95 bits per heavy atom. The van der Waals surface area contributed by atoms with Gasteiger partial charge in [0.1, 0.15) is 0 Å². The first kappa shape index (κ1) is 16.7. The van der Waals surface area contributed by atoms with Crippen molar-refractivity contribution in [2.45, 2.75) is 38.9 Å². The molecule has 0 bridgehead atoms. The summed E-state index contributed by atoms with van der Waals surface area (Å²) < 4.78 is 11.0. The molecule has 1 heterocycles. The van der Waals surface area contributed by atoms with Crippen molar-refractivity contribution in [1.82, 2.24) is 10.6 Å².